The average Bonchev–Trinajstić information content (AvgIpc) is 2.27. The molecule has 0 bridgehead atoms. The van der Waals surface area contributed by atoms with Crippen LogP contribution in [0.1, 0.15) is 43.0 Å². The molecule has 4 heteroatoms. The van der Waals surface area contributed by atoms with Crippen LogP contribution in [-0.2, 0) is 6.42 Å². The van der Waals surface area contributed by atoms with Crippen LogP contribution in [0.2, 0.25) is 0 Å². The zero-order chi connectivity index (χ0) is 13.3. The fourth-order valence-corrected chi connectivity index (χ4v) is 3.02. The highest BCUT2D eigenvalue weighted by Crippen LogP contribution is 2.34. The number of pyridine rings is 1. The number of hydrogen-bond donors (Lipinski definition) is 2. The minimum Gasteiger partial charge on any atom is -0.398 e. The number of aromatic amines is 1. The highest BCUT2D eigenvalue weighted by Gasteiger charge is 2.22. The van der Waals surface area contributed by atoms with Crippen molar-refractivity contribution in [2.45, 2.75) is 32.6 Å². The van der Waals surface area contributed by atoms with Crippen molar-refractivity contribution in [2.75, 3.05) is 0 Å². The molecular formula is C14H17N3S. The summed E-state index contributed by atoms with van der Waals surface area (Å²) in [5, 5.41) is 8.66. The average molecular weight is 259 g/mol. The normalized spacial score (nSPS) is 23.3. The molecule has 1 aromatic rings. The van der Waals surface area contributed by atoms with Crippen LogP contribution in [0.25, 0.3) is 5.70 Å². The Kier molecular flexibility index (Phi) is 3.53. The van der Waals surface area contributed by atoms with Crippen LogP contribution in [0.15, 0.2) is 12.1 Å². The maximum Gasteiger partial charge on any atom is 0.112 e. The first-order valence-electron chi connectivity index (χ1n) is 6.14. The first-order valence-corrected chi connectivity index (χ1v) is 6.55. The maximum absolute atomic E-state index is 8.66. The van der Waals surface area contributed by atoms with Crippen molar-refractivity contribution >= 4 is 17.9 Å². The van der Waals surface area contributed by atoms with E-state index in [1.54, 1.807) is 0 Å². The molecule has 3 N–H and O–H groups in total. The minimum absolute atomic E-state index is 0.437. The molecule has 1 aliphatic rings. The van der Waals surface area contributed by atoms with Gasteiger partial charge in [-0.15, -0.1) is 0 Å². The van der Waals surface area contributed by atoms with Gasteiger partial charge in [0.25, 0.3) is 0 Å². The Morgan fingerprint density at radius 3 is 3.00 bits per heavy atom. The molecule has 0 aliphatic heterocycles. The van der Waals surface area contributed by atoms with Gasteiger partial charge in [-0.1, -0.05) is 26.1 Å². The van der Waals surface area contributed by atoms with Crippen molar-refractivity contribution in [3.05, 3.63) is 33.6 Å². The molecule has 3 nitrogen and oxygen atoms in total. The number of rotatable bonds is 1. The summed E-state index contributed by atoms with van der Waals surface area (Å²) in [4.78, 5) is 3.28. The Balaban J connectivity index is 2.56. The Bertz CT molecular complexity index is 592. The predicted octanol–water partition coefficient (Wildman–Crippen LogP) is 3.25. The third-order valence-corrected chi connectivity index (χ3v) is 3.85. The summed E-state index contributed by atoms with van der Waals surface area (Å²) in [5.41, 5.74) is 9.58. The monoisotopic (exact) mass is 259 g/mol. The van der Waals surface area contributed by atoms with Gasteiger partial charge in [0.15, 0.2) is 0 Å². The zero-order valence-electron chi connectivity index (χ0n) is 10.7. The number of hydrogen-bond acceptors (Lipinski definition) is 3. The summed E-state index contributed by atoms with van der Waals surface area (Å²) >= 11 is 5.32. The van der Waals surface area contributed by atoms with E-state index in [0.717, 1.165) is 12.0 Å². The molecule has 94 valence electrons. The van der Waals surface area contributed by atoms with Gasteiger partial charge in [-0.3, -0.25) is 0 Å². The van der Waals surface area contributed by atoms with Crippen LogP contribution in [0.5, 0.6) is 0 Å². The van der Waals surface area contributed by atoms with Crippen molar-refractivity contribution in [1.82, 2.24) is 4.98 Å². The maximum atomic E-state index is 8.66. The van der Waals surface area contributed by atoms with Crippen molar-refractivity contribution in [1.29, 1.82) is 5.26 Å². The number of H-pyrrole nitrogens is 1. The van der Waals surface area contributed by atoms with Gasteiger partial charge in [0.05, 0.1) is 11.8 Å². The van der Waals surface area contributed by atoms with Crippen molar-refractivity contribution in [2.24, 2.45) is 11.7 Å². The first-order chi connectivity index (χ1) is 8.52. The fourth-order valence-electron chi connectivity index (χ4n) is 2.72. The van der Waals surface area contributed by atoms with E-state index in [1.165, 1.54) is 23.8 Å². The lowest BCUT2D eigenvalue weighted by molar-refractivity contribution is 0.442. The van der Waals surface area contributed by atoms with E-state index < -0.39 is 0 Å². The first kappa shape index (κ1) is 12.8. The van der Waals surface area contributed by atoms with Gasteiger partial charge in [0, 0.05) is 17.3 Å². The SMILES string of the molecule is CC1Cc2[nH]c(=S)c(/C(N)=C/C#N)cc2C(C)C1. The predicted molar refractivity (Wildman–Crippen MR) is 75.3 cm³/mol. The summed E-state index contributed by atoms with van der Waals surface area (Å²) in [7, 11) is 0. The molecule has 0 amide bonds. The number of allylic oxidation sites excluding steroid dienone is 1. The number of nitrogens with zero attached hydrogens (tertiary/aromatic N) is 1. The van der Waals surface area contributed by atoms with E-state index in [-0.39, 0.29) is 0 Å². The van der Waals surface area contributed by atoms with Crippen LogP contribution in [0, 0.1) is 21.9 Å². The highest BCUT2D eigenvalue weighted by molar-refractivity contribution is 7.71. The summed E-state index contributed by atoms with van der Waals surface area (Å²) in [6.07, 6.45) is 3.55. The van der Waals surface area contributed by atoms with Gasteiger partial charge in [-0.2, -0.15) is 5.26 Å². The highest BCUT2D eigenvalue weighted by atomic mass is 32.1. The second kappa shape index (κ2) is 4.95. The number of nitriles is 1. The smallest absolute Gasteiger partial charge is 0.112 e. The second-order valence-electron chi connectivity index (χ2n) is 5.12. The van der Waals surface area contributed by atoms with Gasteiger partial charge in [0.2, 0.25) is 0 Å². The molecule has 2 unspecified atom stereocenters. The Morgan fingerprint density at radius 1 is 1.61 bits per heavy atom. The van der Waals surface area contributed by atoms with Crippen LogP contribution < -0.4 is 5.73 Å². The molecular weight excluding hydrogens is 242 g/mol. The molecule has 0 spiro atoms. The lowest BCUT2D eigenvalue weighted by Crippen LogP contribution is -2.17. The van der Waals surface area contributed by atoms with Gasteiger partial charge in [0.1, 0.15) is 4.64 Å². The molecule has 1 aliphatic carbocycles. The van der Waals surface area contributed by atoms with E-state index >= 15 is 0 Å². The molecule has 0 fully saturated rings. The topological polar surface area (TPSA) is 65.6 Å². The zero-order valence-corrected chi connectivity index (χ0v) is 11.5. The third kappa shape index (κ3) is 2.32. The number of nitrogens with one attached hydrogen (secondary N) is 1. The summed E-state index contributed by atoms with van der Waals surface area (Å²) in [6, 6.07) is 3.99. The van der Waals surface area contributed by atoms with E-state index in [0.29, 0.717) is 22.2 Å². The van der Waals surface area contributed by atoms with Gasteiger partial charge < -0.3 is 10.7 Å². The van der Waals surface area contributed by atoms with Crippen LogP contribution in [0.4, 0.5) is 0 Å². The summed E-state index contributed by atoms with van der Waals surface area (Å²) < 4.78 is 0.624. The number of aromatic nitrogens is 1. The molecule has 2 rings (SSSR count). The standard InChI is InChI=1S/C14H17N3S/c1-8-5-9(2)10-7-11(12(16)3-4-15)14(18)17-13(10)6-8/h3,7-9H,5-6,16H2,1-2H3,(H,17,18)/b12-3-. The van der Waals surface area contributed by atoms with Crippen molar-refractivity contribution in [3.8, 4) is 6.07 Å². The molecule has 0 radical (unpaired) electrons. The largest absolute Gasteiger partial charge is 0.398 e. The number of nitrogens with two attached hydrogens (primary N) is 1. The van der Waals surface area contributed by atoms with E-state index in [4.69, 9.17) is 23.2 Å². The molecule has 1 heterocycles. The third-order valence-electron chi connectivity index (χ3n) is 3.53. The Morgan fingerprint density at radius 2 is 2.33 bits per heavy atom. The van der Waals surface area contributed by atoms with Crippen LogP contribution >= 0.6 is 12.2 Å². The molecule has 0 aromatic carbocycles. The number of fused-ring (bicyclic) bond motifs is 1. The molecule has 0 saturated heterocycles. The Labute approximate surface area is 112 Å². The quantitative estimate of drug-likeness (QED) is 0.601. The lowest BCUT2D eigenvalue weighted by Gasteiger charge is -2.27. The summed E-state index contributed by atoms with van der Waals surface area (Å²) in [6.45, 7) is 4.48. The van der Waals surface area contributed by atoms with Crippen molar-refractivity contribution in [3.63, 3.8) is 0 Å². The minimum atomic E-state index is 0.437. The fraction of sp³-hybridized carbons (Fsp3) is 0.429. The van der Waals surface area contributed by atoms with Crippen LogP contribution in [-0.4, -0.2) is 4.98 Å². The molecule has 18 heavy (non-hydrogen) atoms. The van der Waals surface area contributed by atoms with E-state index in [1.807, 2.05) is 12.1 Å². The summed E-state index contributed by atoms with van der Waals surface area (Å²) in [5.74, 6) is 1.18. The van der Waals surface area contributed by atoms with Gasteiger partial charge in [-0.25, -0.2) is 0 Å². The van der Waals surface area contributed by atoms with Crippen LogP contribution in [0.3, 0.4) is 0 Å². The molecule has 1 aromatic heterocycles. The van der Waals surface area contributed by atoms with Gasteiger partial charge >= 0.3 is 0 Å². The molecule has 2 atom stereocenters. The van der Waals surface area contributed by atoms with Crippen molar-refractivity contribution < 1.29 is 0 Å². The molecule has 0 saturated carbocycles. The van der Waals surface area contributed by atoms with E-state index in [9.17, 15) is 0 Å². The van der Waals surface area contributed by atoms with E-state index in [2.05, 4.69) is 18.8 Å². The van der Waals surface area contributed by atoms with Gasteiger partial charge in [-0.05, 0) is 36.3 Å². The Hall–Kier alpha value is -1.60. The lowest BCUT2D eigenvalue weighted by atomic mass is 9.80. The second-order valence-corrected chi connectivity index (χ2v) is 5.53.